The van der Waals surface area contributed by atoms with E-state index < -0.39 is 0 Å². The van der Waals surface area contributed by atoms with E-state index in [0.29, 0.717) is 11.8 Å². The zero-order valence-electron chi connectivity index (χ0n) is 18.0. The maximum absolute atomic E-state index is 12.1. The first-order valence-electron chi connectivity index (χ1n) is 11.4. The molecule has 2 nitrogen and oxygen atoms in total. The fraction of sp³-hybridized carbons (Fsp3) is 0.875. The topological polar surface area (TPSA) is 20.3 Å². The Bertz CT molecular complexity index is 413. The number of carbonyl (C=O) groups is 1. The second kappa shape index (κ2) is 14.1. The third-order valence-corrected chi connectivity index (χ3v) is 5.72. The Kier molecular flexibility index (Phi) is 12.5. The molecule has 1 rings (SSSR count). The fourth-order valence-corrected chi connectivity index (χ4v) is 3.87. The zero-order valence-corrected chi connectivity index (χ0v) is 18.0. The van der Waals surface area contributed by atoms with Gasteiger partial charge in [-0.1, -0.05) is 72.1 Å². The summed E-state index contributed by atoms with van der Waals surface area (Å²) in [4.78, 5) is 14.1. The smallest absolute Gasteiger partial charge is 0.225 e. The van der Waals surface area contributed by atoms with Crippen LogP contribution in [0.25, 0.3) is 0 Å². The summed E-state index contributed by atoms with van der Waals surface area (Å²) in [6.45, 7) is 10.5. The van der Waals surface area contributed by atoms with Gasteiger partial charge in [0, 0.05) is 31.3 Å². The van der Waals surface area contributed by atoms with Crippen molar-refractivity contribution in [2.45, 2.75) is 105 Å². The Morgan fingerprint density at radius 3 is 2.08 bits per heavy atom. The first kappa shape index (κ1) is 23.1. The van der Waals surface area contributed by atoms with Crippen LogP contribution in [0.2, 0.25) is 0 Å². The molecule has 1 aliphatic rings. The highest BCUT2D eigenvalue weighted by Crippen LogP contribution is 2.23. The number of piperidine rings is 1. The molecule has 150 valence electrons. The van der Waals surface area contributed by atoms with Gasteiger partial charge in [0.15, 0.2) is 0 Å². The lowest BCUT2D eigenvalue weighted by atomic mass is 9.91. The number of likely N-dealkylation sites (tertiary alicyclic amines) is 1. The highest BCUT2D eigenvalue weighted by Gasteiger charge is 2.23. The Hall–Kier alpha value is -0.970. The van der Waals surface area contributed by atoms with Gasteiger partial charge in [0.2, 0.25) is 5.91 Å². The average molecular weight is 362 g/mol. The van der Waals surface area contributed by atoms with E-state index >= 15 is 0 Å². The van der Waals surface area contributed by atoms with Crippen LogP contribution in [0.15, 0.2) is 0 Å². The molecule has 1 saturated heterocycles. The molecule has 1 aliphatic heterocycles. The van der Waals surface area contributed by atoms with Crippen molar-refractivity contribution >= 4 is 5.91 Å². The van der Waals surface area contributed by atoms with Crippen molar-refractivity contribution in [2.75, 3.05) is 13.1 Å². The van der Waals surface area contributed by atoms with Crippen LogP contribution in [0.1, 0.15) is 105 Å². The van der Waals surface area contributed by atoms with Gasteiger partial charge >= 0.3 is 0 Å². The summed E-state index contributed by atoms with van der Waals surface area (Å²) in [7, 11) is 0. The summed E-state index contributed by atoms with van der Waals surface area (Å²) in [5, 5.41) is 0. The van der Waals surface area contributed by atoms with Gasteiger partial charge in [0.1, 0.15) is 0 Å². The van der Waals surface area contributed by atoms with E-state index in [-0.39, 0.29) is 5.92 Å². The van der Waals surface area contributed by atoms with Gasteiger partial charge in [-0.05, 0) is 38.0 Å². The monoisotopic (exact) mass is 361 g/mol. The molecule has 26 heavy (non-hydrogen) atoms. The molecule has 0 radical (unpaired) electrons. The maximum Gasteiger partial charge on any atom is 0.225 e. The van der Waals surface area contributed by atoms with Crippen molar-refractivity contribution in [1.82, 2.24) is 4.90 Å². The Morgan fingerprint density at radius 2 is 1.58 bits per heavy atom. The number of hydrogen-bond donors (Lipinski definition) is 0. The van der Waals surface area contributed by atoms with Crippen molar-refractivity contribution in [1.29, 1.82) is 0 Å². The second-order valence-corrected chi connectivity index (χ2v) is 8.47. The number of carbonyl (C=O) groups excluding carboxylic acids is 1. The lowest BCUT2D eigenvalue weighted by Gasteiger charge is -2.32. The lowest BCUT2D eigenvalue weighted by molar-refractivity contribution is -0.135. The minimum absolute atomic E-state index is 0.134. The van der Waals surface area contributed by atoms with Crippen LogP contribution in [0.5, 0.6) is 0 Å². The number of unbranched alkanes of at least 4 members (excludes halogenated alkanes) is 4. The minimum atomic E-state index is 0.134. The number of hydrogen-bond acceptors (Lipinski definition) is 1. The zero-order chi connectivity index (χ0) is 19.2. The van der Waals surface area contributed by atoms with E-state index in [1.165, 1.54) is 57.8 Å². The molecule has 0 aromatic heterocycles. The fourth-order valence-electron chi connectivity index (χ4n) is 3.87. The largest absolute Gasteiger partial charge is 0.342 e. The van der Waals surface area contributed by atoms with Crippen LogP contribution in [-0.2, 0) is 4.79 Å². The highest BCUT2D eigenvalue weighted by atomic mass is 16.2. The van der Waals surface area contributed by atoms with Gasteiger partial charge in [0.25, 0.3) is 0 Å². The Balaban J connectivity index is 2.30. The van der Waals surface area contributed by atoms with Gasteiger partial charge in [-0.25, -0.2) is 0 Å². The van der Waals surface area contributed by atoms with Crippen LogP contribution < -0.4 is 0 Å². The molecular formula is C24H43NO. The van der Waals surface area contributed by atoms with Crippen LogP contribution in [0.3, 0.4) is 0 Å². The second-order valence-electron chi connectivity index (χ2n) is 8.47. The summed E-state index contributed by atoms with van der Waals surface area (Å²) in [5.74, 6) is 8.96. The molecule has 0 unspecified atom stereocenters. The van der Waals surface area contributed by atoms with Gasteiger partial charge in [0.05, 0.1) is 0 Å². The van der Waals surface area contributed by atoms with Gasteiger partial charge in [-0.2, -0.15) is 0 Å². The number of amides is 1. The number of rotatable bonds is 11. The van der Waals surface area contributed by atoms with E-state index in [1.54, 1.807) is 0 Å². The van der Waals surface area contributed by atoms with Crippen molar-refractivity contribution in [2.24, 2.45) is 17.8 Å². The highest BCUT2D eigenvalue weighted by molar-refractivity contribution is 5.78. The third-order valence-electron chi connectivity index (χ3n) is 5.72. The molecule has 0 saturated carbocycles. The molecule has 1 amide bonds. The first-order valence-corrected chi connectivity index (χ1v) is 11.4. The molecule has 0 atom stereocenters. The van der Waals surface area contributed by atoms with Crippen LogP contribution in [0.4, 0.5) is 0 Å². The third kappa shape index (κ3) is 9.65. The summed E-state index contributed by atoms with van der Waals surface area (Å²) >= 11 is 0. The maximum atomic E-state index is 12.1. The summed E-state index contributed by atoms with van der Waals surface area (Å²) in [5.41, 5.74) is 0. The van der Waals surface area contributed by atoms with Gasteiger partial charge in [-0.3, -0.25) is 4.79 Å². The number of nitrogens with zero attached hydrogens (tertiary/aromatic N) is 1. The van der Waals surface area contributed by atoms with Crippen LogP contribution in [0, 0.1) is 29.6 Å². The molecule has 1 heterocycles. The quantitative estimate of drug-likeness (QED) is 0.306. The first-order chi connectivity index (χ1) is 12.6. The van der Waals surface area contributed by atoms with Crippen molar-refractivity contribution in [3.8, 4) is 11.8 Å². The average Bonchev–Trinajstić information content (AvgIpc) is 2.65. The van der Waals surface area contributed by atoms with Crippen molar-refractivity contribution in [3.63, 3.8) is 0 Å². The molecule has 0 spiro atoms. The lowest BCUT2D eigenvalue weighted by Crippen LogP contribution is -2.40. The molecule has 0 aromatic rings. The summed E-state index contributed by atoms with van der Waals surface area (Å²) in [6.07, 6.45) is 15.1. The van der Waals surface area contributed by atoms with Crippen LogP contribution >= 0.6 is 0 Å². The van der Waals surface area contributed by atoms with E-state index in [0.717, 1.165) is 38.3 Å². The minimum Gasteiger partial charge on any atom is -0.342 e. The normalized spacial score (nSPS) is 15.4. The summed E-state index contributed by atoms with van der Waals surface area (Å²) in [6, 6.07) is 0. The molecule has 1 fully saturated rings. The van der Waals surface area contributed by atoms with Gasteiger partial charge < -0.3 is 4.90 Å². The van der Waals surface area contributed by atoms with E-state index in [2.05, 4.69) is 30.6 Å². The Labute approximate surface area is 163 Å². The molecule has 0 N–H and O–H groups in total. The van der Waals surface area contributed by atoms with Crippen LogP contribution in [-0.4, -0.2) is 23.9 Å². The van der Waals surface area contributed by atoms with E-state index in [4.69, 9.17) is 0 Å². The molecular weight excluding hydrogens is 318 g/mol. The van der Waals surface area contributed by atoms with E-state index in [1.807, 2.05) is 13.8 Å². The molecule has 0 aromatic carbocycles. The molecule has 2 heteroatoms. The molecule has 0 bridgehead atoms. The van der Waals surface area contributed by atoms with Crippen molar-refractivity contribution in [3.05, 3.63) is 0 Å². The molecule has 0 aliphatic carbocycles. The summed E-state index contributed by atoms with van der Waals surface area (Å²) < 4.78 is 0. The Morgan fingerprint density at radius 1 is 1.00 bits per heavy atom. The predicted molar refractivity (Wildman–Crippen MR) is 113 cm³/mol. The predicted octanol–water partition coefficient (Wildman–Crippen LogP) is 6.44. The SMILES string of the molecule is CCCCCC(C#CCCC1CCN(C(=O)C(C)C)CC1)CCCCC. The standard InChI is InChI=1S/C24H43NO/c1-5-7-9-13-22(14-10-8-6-2)15-11-12-16-23-17-19-25(20-18-23)24(26)21(3)4/h21-23H,5-10,12-14,16-20H2,1-4H3. The van der Waals surface area contributed by atoms with Gasteiger partial charge in [-0.15, -0.1) is 5.92 Å². The van der Waals surface area contributed by atoms with E-state index in [9.17, 15) is 4.79 Å². The van der Waals surface area contributed by atoms with Crippen molar-refractivity contribution < 1.29 is 4.79 Å².